The zero-order valence-corrected chi connectivity index (χ0v) is 16.6. The number of nitrogens with one attached hydrogen (secondary N) is 1. The molecule has 0 spiro atoms. The molecule has 2 aromatic carbocycles. The molecule has 1 heterocycles. The van der Waals surface area contributed by atoms with Crippen LogP contribution < -0.4 is 10.3 Å². The Kier molecular flexibility index (Phi) is 5.78. The lowest BCUT2D eigenvalue weighted by atomic mass is 10.2. The maximum absolute atomic E-state index is 13.0. The highest BCUT2D eigenvalue weighted by molar-refractivity contribution is 5.81. The Labute approximate surface area is 164 Å². The van der Waals surface area contributed by atoms with Gasteiger partial charge in [-0.3, -0.25) is 9.59 Å². The molecular formula is C22H25N3O3. The predicted octanol–water partition coefficient (Wildman–Crippen LogP) is 3.44. The molecule has 1 amide bonds. The van der Waals surface area contributed by atoms with Crippen molar-refractivity contribution in [2.24, 2.45) is 0 Å². The van der Waals surface area contributed by atoms with Crippen molar-refractivity contribution in [2.45, 2.75) is 46.4 Å². The summed E-state index contributed by atoms with van der Waals surface area (Å²) in [6, 6.07) is 14.7. The lowest BCUT2D eigenvalue weighted by molar-refractivity contribution is -0.140. The third-order valence-corrected chi connectivity index (χ3v) is 4.57. The summed E-state index contributed by atoms with van der Waals surface area (Å²) in [5.41, 5.74) is 1.53. The van der Waals surface area contributed by atoms with E-state index < -0.39 is 6.10 Å². The van der Waals surface area contributed by atoms with E-state index in [4.69, 9.17) is 4.74 Å². The monoisotopic (exact) mass is 379 g/mol. The number of para-hydroxylation sites is 1. The number of benzene rings is 2. The third-order valence-electron chi connectivity index (χ3n) is 4.57. The smallest absolute Gasteiger partial charge is 0.263 e. The summed E-state index contributed by atoms with van der Waals surface area (Å²) in [5.74, 6) is 0.937. The molecule has 0 saturated heterocycles. The molecule has 0 bridgehead atoms. The number of ether oxygens (including phenoxy) is 1. The highest BCUT2D eigenvalue weighted by atomic mass is 16.5. The van der Waals surface area contributed by atoms with E-state index in [0.717, 1.165) is 5.56 Å². The maximum atomic E-state index is 13.0. The number of H-pyrrole nitrogens is 1. The molecule has 0 saturated carbocycles. The van der Waals surface area contributed by atoms with Gasteiger partial charge >= 0.3 is 0 Å². The fourth-order valence-electron chi connectivity index (χ4n) is 2.99. The average Bonchev–Trinajstić information content (AvgIpc) is 2.67. The van der Waals surface area contributed by atoms with Gasteiger partial charge in [0.1, 0.15) is 11.6 Å². The van der Waals surface area contributed by atoms with E-state index in [1.165, 1.54) is 0 Å². The number of fused-ring (bicyclic) bond motifs is 1. The molecule has 1 aromatic heterocycles. The molecule has 1 atom stereocenters. The molecule has 0 fully saturated rings. The van der Waals surface area contributed by atoms with Gasteiger partial charge in [0.2, 0.25) is 0 Å². The van der Waals surface area contributed by atoms with Crippen LogP contribution in [0.1, 0.15) is 32.2 Å². The van der Waals surface area contributed by atoms with Crippen LogP contribution >= 0.6 is 0 Å². The molecule has 0 aliphatic rings. The Balaban J connectivity index is 1.80. The van der Waals surface area contributed by atoms with Gasteiger partial charge in [0.25, 0.3) is 11.5 Å². The van der Waals surface area contributed by atoms with Gasteiger partial charge in [-0.2, -0.15) is 0 Å². The van der Waals surface area contributed by atoms with E-state index in [-0.39, 0.29) is 24.1 Å². The number of aryl methyl sites for hydroxylation is 1. The van der Waals surface area contributed by atoms with Crippen molar-refractivity contribution in [3.05, 3.63) is 70.3 Å². The van der Waals surface area contributed by atoms with Crippen LogP contribution in [0, 0.1) is 6.92 Å². The lowest BCUT2D eigenvalue weighted by Crippen LogP contribution is -2.44. The minimum absolute atomic E-state index is 0.0756. The van der Waals surface area contributed by atoms with Gasteiger partial charge < -0.3 is 14.6 Å². The van der Waals surface area contributed by atoms with Gasteiger partial charge in [-0.1, -0.05) is 29.8 Å². The van der Waals surface area contributed by atoms with E-state index in [0.29, 0.717) is 22.5 Å². The molecule has 1 N–H and O–H groups in total. The number of hydrogen-bond donors (Lipinski definition) is 1. The van der Waals surface area contributed by atoms with E-state index >= 15 is 0 Å². The van der Waals surface area contributed by atoms with Crippen LogP contribution in [0.25, 0.3) is 10.9 Å². The molecule has 3 rings (SSSR count). The number of carbonyl (C=O) groups is 1. The molecule has 6 nitrogen and oxygen atoms in total. The number of aromatic nitrogens is 2. The predicted molar refractivity (Wildman–Crippen MR) is 109 cm³/mol. The zero-order valence-electron chi connectivity index (χ0n) is 16.6. The van der Waals surface area contributed by atoms with Crippen LogP contribution in [-0.4, -0.2) is 32.9 Å². The summed E-state index contributed by atoms with van der Waals surface area (Å²) in [6.45, 7) is 7.79. The Hall–Kier alpha value is -3.15. The second kappa shape index (κ2) is 8.25. The normalized spacial score (nSPS) is 12.2. The zero-order chi connectivity index (χ0) is 20.3. The Morgan fingerprint density at radius 2 is 1.79 bits per heavy atom. The van der Waals surface area contributed by atoms with Crippen molar-refractivity contribution in [3.63, 3.8) is 0 Å². The SMILES string of the molecule is Cc1ccc(OC(C)C(=O)N(Cc2nc3ccccc3c(=O)[nH]2)C(C)C)cc1. The Morgan fingerprint density at radius 1 is 1.11 bits per heavy atom. The van der Waals surface area contributed by atoms with Crippen LogP contribution in [0.2, 0.25) is 0 Å². The molecule has 3 aromatic rings. The third kappa shape index (κ3) is 4.39. The van der Waals surface area contributed by atoms with Gasteiger partial charge in [-0.05, 0) is 52.0 Å². The lowest BCUT2D eigenvalue weighted by Gasteiger charge is -2.29. The number of rotatable bonds is 6. The van der Waals surface area contributed by atoms with Crippen LogP contribution in [0.3, 0.4) is 0 Å². The van der Waals surface area contributed by atoms with Gasteiger partial charge in [0.15, 0.2) is 6.10 Å². The fourth-order valence-corrected chi connectivity index (χ4v) is 2.99. The standard InChI is InChI=1S/C22H25N3O3/c1-14(2)25(22(27)16(4)28-17-11-9-15(3)10-12-17)13-20-23-19-8-6-5-7-18(19)21(26)24-20/h5-12,14,16H,13H2,1-4H3,(H,23,24,26). The Bertz CT molecular complexity index is 1030. The minimum atomic E-state index is -0.655. The van der Waals surface area contributed by atoms with Gasteiger partial charge in [-0.15, -0.1) is 0 Å². The largest absolute Gasteiger partial charge is 0.481 e. The second-order valence-electron chi connectivity index (χ2n) is 7.16. The summed E-state index contributed by atoms with van der Waals surface area (Å²) in [4.78, 5) is 34.2. The summed E-state index contributed by atoms with van der Waals surface area (Å²) in [5, 5.41) is 0.532. The first-order valence-electron chi connectivity index (χ1n) is 9.37. The summed E-state index contributed by atoms with van der Waals surface area (Å²) < 4.78 is 5.81. The molecule has 0 aliphatic carbocycles. The number of amides is 1. The summed E-state index contributed by atoms with van der Waals surface area (Å²) >= 11 is 0. The van der Waals surface area contributed by atoms with Crippen molar-refractivity contribution in [3.8, 4) is 5.75 Å². The van der Waals surface area contributed by atoms with Gasteiger partial charge in [0.05, 0.1) is 17.4 Å². The summed E-state index contributed by atoms with van der Waals surface area (Å²) in [7, 11) is 0. The second-order valence-corrected chi connectivity index (χ2v) is 7.16. The molecule has 0 aliphatic heterocycles. The molecule has 6 heteroatoms. The van der Waals surface area contributed by atoms with Crippen LogP contribution in [0.15, 0.2) is 53.3 Å². The van der Waals surface area contributed by atoms with Crippen molar-refractivity contribution in [1.82, 2.24) is 14.9 Å². The van der Waals surface area contributed by atoms with Crippen molar-refractivity contribution in [1.29, 1.82) is 0 Å². The van der Waals surface area contributed by atoms with E-state index in [1.54, 1.807) is 30.0 Å². The minimum Gasteiger partial charge on any atom is -0.481 e. The topological polar surface area (TPSA) is 75.3 Å². The number of hydrogen-bond acceptors (Lipinski definition) is 4. The average molecular weight is 379 g/mol. The molecule has 0 radical (unpaired) electrons. The number of aromatic amines is 1. The maximum Gasteiger partial charge on any atom is 0.263 e. The van der Waals surface area contributed by atoms with Crippen molar-refractivity contribution in [2.75, 3.05) is 0 Å². The number of carbonyl (C=O) groups excluding carboxylic acids is 1. The van der Waals surface area contributed by atoms with Gasteiger partial charge in [-0.25, -0.2) is 4.98 Å². The van der Waals surface area contributed by atoms with Crippen molar-refractivity contribution < 1.29 is 9.53 Å². The fraction of sp³-hybridized carbons (Fsp3) is 0.318. The van der Waals surface area contributed by atoms with E-state index in [9.17, 15) is 9.59 Å². The van der Waals surface area contributed by atoms with Crippen LogP contribution in [0.4, 0.5) is 0 Å². The first-order chi connectivity index (χ1) is 13.3. The molecule has 146 valence electrons. The van der Waals surface area contributed by atoms with Crippen molar-refractivity contribution >= 4 is 16.8 Å². The quantitative estimate of drug-likeness (QED) is 0.712. The highest BCUT2D eigenvalue weighted by Crippen LogP contribution is 2.16. The molecular weight excluding hydrogens is 354 g/mol. The summed E-state index contributed by atoms with van der Waals surface area (Å²) in [6.07, 6.45) is -0.655. The first-order valence-corrected chi connectivity index (χ1v) is 9.37. The highest BCUT2D eigenvalue weighted by Gasteiger charge is 2.25. The Morgan fingerprint density at radius 3 is 2.46 bits per heavy atom. The number of nitrogens with zero attached hydrogens (tertiary/aromatic N) is 2. The van der Waals surface area contributed by atoms with Crippen LogP contribution in [0.5, 0.6) is 5.75 Å². The van der Waals surface area contributed by atoms with E-state index in [2.05, 4.69) is 9.97 Å². The molecule has 28 heavy (non-hydrogen) atoms. The first kappa shape index (κ1) is 19.6. The van der Waals surface area contributed by atoms with E-state index in [1.807, 2.05) is 51.1 Å². The van der Waals surface area contributed by atoms with Crippen LogP contribution in [-0.2, 0) is 11.3 Å². The molecule has 1 unspecified atom stereocenters. The van der Waals surface area contributed by atoms with Gasteiger partial charge in [0, 0.05) is 6.04 Å².